The van der Waals surface area contributed by atoms with Crippen LogP contribution in [0.1, 0.15) is 30.0 Å². The number of aryl methyl sites for hydroxylation is 1. The van der Waals surface area contributed by atoms with Gasteiger partial charge in [0.1, 0.15) is 6.04 Å². The van der Waals surface area contributed by atoms with Crippen LogP contribution < -0.4 is 0 Å². The normalized spacial score (nSPS) is 19.0. The largest absolute Gasteiger partial charge is 0.336 e. The zero-order valence-electron chi connectivity index (χ0n) is 14.7. The molecule has 128 valence electrons. The van der Waals surface area contributed by atoms with Gasteiger partial charge in [-0.2, -0.15) is 5.10 Å². The number of nitrogens with zero attached hydrogens (tertiary/aromatic N) is 4. The van der Waals surface area contributed by atoms with Crippen molar-refractivity contribution in [3.05, 3.63) is 53.9 Å². The zero-order chi connectivity index (χ0) is 17.1. The molecule has 2 heterocycles. The Kier molecular flexibility index (Phi) is 5.00. The van der Waals surface area contributed by atoms with Gasteiger partial charge in [0.2, 0.25) is 5.91 Å². The summed E-state index contributed by atoms with van der Waals surface area (Å²) in [6, 6.07) is 10.0. The first-order chi connectivity index (χ1) is 11.6. The van der Waals surface area contributed by atoms with Gasteiger partial charge < -0.3 is 4.90 Å². The van der Waals surface area contributed by atoms with E-state index in [9.17, 15) is 4.79 Å². The van der Waals surface area contributed by atoms with Crippen LogP contribution in [-0.4, -0.2) is 52.2 Å². The number of likely N-dealkylation sites (N-methyl/N-ethyl adjacent to an activating group) is 1. The Morgan fingerprint density at radius 3 is 2.71 bits per heavy atom. The molecule has 1 aromatic heterocycles. The molecule has 0 unspecified atom stereocenters. The SMILES string of the molecule is Cc1cnn(C[C@H]2CCCN2C(=O)[C@@H](c2ccccc2)N(C)C)c1. The highest BCUT2D eigenvalue weighted by Crippen LogP contribution is 2.27. The summed E-state index contributed by atoms with van der Waals surface area (Å²) in [4.78, 5) is 17.3. The first kappa shape index (κ1) is 16.7. The van der Waals surface area contributed by atoms with Crippen molar-refractivity contribution in [2.75, 3.05) is 20.6 Å². The third kappa shape index (κ3) is 3.51. The van der Waals surface area contributed by atoms with Crippen molar-refractivity contribution in [3.63, 3.8) is 0 Å². The van der Waals surface area contributed by atoms with Gasteiger partial charge in [-0.25, -0.2) is 0 Å². The molecular formula is C19H26N4O. The Morgan fingerprint density at radius 2 is 2.08 bits per heavy atom. The highest BCUT2D eigenvalue weighted by Gasteiger charge is 2.35. The van der Waals surface area contributed by atoms with Crippen LogP contribution in [-0.2, 0) is 11.3 Å². The number of hydrogen-bond donors (Lipinski definition) is 0. The minimum absolute atomic E-state index is 0.192. The van der Waals surface area contributed by atoms with Gasteiger partial charge in [-0.1, -0.05) is 30.3 Å². The number of rotatable bonds is 5. The van der Waals surface area contributed by atoms with Crippen molar-refractivity contribution in [3.8, 4) is 0 Å². The van der Waals surface area contributed by atoms with Crippen LogP contribution in [0.15, 0.2) is 42.7 Å². The van der Waals surface area contributed by atoms with Crippen LogP contribution in [0.3, 0.4) is 0 Å². The molecule has 24 heavy (non-hydrogen) atoms. The molecule has 5 heteroatoms. The minimum atomic E-state index is -0.230. The molecule has 0 aliphatic carbocycles. The molecule has 1 aliphatic rings. The van der Waals surface area contributed by atoms with Crippen molar-refractivity contribution < 1.29 is 4.79 Å². The Morgan fingerprint density at radius 1 is 1.33 bits per heavy atom. The lowest BCUT2D eigenvalue weighted by molar-refractivity contribution is -0.137. The number of likely N-dealkylation sites (tertiary alicyclic amines) is 1. The molecule has 0 bridgehead atoms. The van der Waals surface area contributed by atoms with Crippen LogP contribution in [0.25, 0.3) is 0 Å². The summed E-state index contributed by atoms with van der Waals surface area (Å²) in [6.07, 6.45) is 6.01. The Labute approximate surface area is 143 Å². The fourth-order valence-electron chi connectivity index (χ4n) is 3.55. The van der Waals surface area contributed by atoms with Gasteiger partial charge in [0.25, 0.3) is 0 Å². The zero-order valence-corrected chi connectivity index (χ0v) is 14.7. The van der Waals surface area contributed by atoms with Crippen molar-refractivity contribution >= 4 is 5.91 Å². The second-order valence-electron chi connectivity index (χ2n) is 6.84. The van der Waals surface area contributed by atoms with Gasteiger partial charge in [-0.3, -0.25) is 14.4 Å². The van der Waals surface area contributed by atoms with Crippen molar-refractivity contribution in [1.29, 1.82) is 0 Å². The van der Waals surface area contributed by atoms with Crippen LogP contribution in [0.4, 0.5) is 0 Å². The molecule has 0 spiro atoms. The standard InChI is InChI=1S/C19H26N4O/c1-15-12-20-22(13-15)14-17-10-7-11-23(17)19(24)18(21(2)3)16-8-5-4-6-9-16/h4-6,8-9,12-13,17-18H,7,10-11,14H2,1-3H3/t17-,18-/m1/s1. The van der Waals surface area contributed by atoms with E-state index >= 15 is 0 Å². The van der Waals surface area contributed by atoms with Crippen molar-refractivity contribution in [2.24, 2.45) is 0 Å². The molecule has 1 saturated heterocycles. The third-order valence-electron chi connectivity index (χ3n) is 4.69. The summed E-state index contributed by atoms with van der Waals surface area (Å²) in [5, 5.41) is 4.38. The maximum absolute atomic E-state index is 13.2. The smallest absolute Gasteiger partial charge is 0.244 e. The molecule has 0 saturated carbocycles. The number of benzene rings is 1. The van der Waals surface area contributed by atoms with Crippen LogP contribution in [0, 0.1) is 6.92 Å². The molecule has 3 rings (SSSR count). The van der Waals surface area contributed by atoms with Gasteiger partial charge in [0.05, 0.1) is 18.8 Å². The molecule has 0 N–H and O–H groups in total. The highest BCUT2D eigenvalue weighted by atomic mass is 16.2. The molecule has 1 amide bonds. The number of carbonyl (C=O) groups excluding carboxylic acids is 1. The molecule has 2 aromatic rings. The summed E-state index contributed by atoms with van der Waals surface area (Å²) in [7, 11) is 3.94. The monoisotopic (exact) mass is 326 g/mol. The van der Waals surface area contributed by atoms with E-state index in [0.717, 1.165) is 37.1 Å². The quantitative estimate of drug-likeness (QED) is 0.848. The topological polar surface area (TPSA) is 41.4 Å². The van der Waals surface area contributed by atoms with Crippen LogP contribution in [0.5, 0.6) is 0 Å². The van der Waals surface area contributed by atoms with E-state index in [0.29, 0.717) is 0 Å². The first-order valence-corrected chi connectivity index (χ1v) is 8.57. The maximum atomic E-state index is 13.2. The molecule has 0 radical (unpaired) electrons. The number of hydrogen-bond acceptors (Lipinski definition) is 3. The predicted molar refractivity (Wildman–Crippen MR) is 94.6 cm³/mol. The molecule has 1 fully saturated rings. The lowest BCUT2D eigenvalue weighted by Crippen LogP contribution is -2.44. The van der Waals surface area contributed by atoms with E-state index in [-0.39, 0.29) is 18.0 Å². The van der Waals surface area contributed by atoms with Gasteiger partial charge in [-0.15, -0.1) is 0 Å². The van der Waals surface area contributed by atoms with Gasteiger partial charge >= 0.3 is 0 Å². The summed E-state index contributed by atoms with van der Waals surface area (Å²) in [6.45, 7) is 3.65. The number of carbonyl (C=O) groups is 1. The van der Waals surface area contributed by atoms with Crippen LogP contribution in [0.2, 0.25) is 0 Å². The summed E-state index contributed by atoms with van der Waals surface area (Å²) in [5.41, 5.74) is 2.20. The average Bonchev–Trinajstić information content (AvgIpc) is 3.17. The Bertz CT molecular complexity index is 680. The highest BCUT2D eigenvalue weighted by molar-refractivity contribution is 5.83. The molecule has 1 aromatic carbocycles. The summed E-state index contributed by atoms with van der Waals surface area (Å²) in [5.74, 6) is 0.192. The van der Waals surface area contributed by atoms with Crippen LogP contribution >= 0.6 is 0 Å². The predicted octanol–water partition coefficient (Wildman–Crippen LogP) is 2.49. The fourth-order valence-corrected chi connectivity index (χ4v) is 3.55. The number of aromatic nitrogens is 2. The van der Waals surface area contributed by atoms with E-state index in [1.807, 2.05) is 73.3 Å². The average molecular weight is 326 g/mol. The molecule has 2 atom stereocenters. The number of amides is 1. The second kappa shape index (κ2) is 7.18. The Balaban J connectivity index is 1.78. The van der Waals surface area contributed by atoms with Gasteiger partial charge in [0, 0.05) is 12.7 Å². The molecule has 5 nitrogen and oxygen atoms in total. The van der Waals surface area contributed by atoms with E-state index in [1.165, 1.54) is 0 Å². The fraction of sp³-hybridized carbons (Fsp3) is 0.474. The van der Waals surface area contributed by atoms with E-state index < -0.39 is 0 Å². The van der Waals surface area contributed by atoms with Gasteiger partial charge in [-0.05, 0) is 45.0 Å². The Hall–Kier alpha value is -2.14. The summed E-state index contributed by atoms with van der Waals surface area (Å²) < 4.78 is 1.96. The minimum Gasteiger partial charge on any atom is -0.336 e. The van der Waals surface area contributed by atoms with Crippen molar-refractivity contribution in [1.82, 2.24) is 19.6 Å². The summed E-state index contributed by atoms with van der Waals surface area (Å²) >= 11 is 0. The maximum Gasteiger partial charge on any atom is 0.244 e. The third-order valence-corrected chi connectivity index (χ3v) is 4.69. The molecular weight excluding hydrogens is 300 g/mol. The lowest BCUT2D eigenvalue weighted by Gasteiger charge is -2.32. The van der Waals surface area contributed by atoms with E-state index in [1.54, 1.807) is 0 Å². The molecule has 1 aliphatic heterocycles. The van der Waals surface area contributed by atoms with E-state index in [4.69, 9.17) is 0 Å². The second-order valence-corrected chi connectivity index (χ2v) is 6.84. The van der Waals surface area contributed by atoms with E-state index in [2.05, 4.69) is 10.00 Å². The lowest BCUT2D eigenvalue weighted by atomic mass is 10.0. The van der Waals surface area contributed by atoms with Gasteiger partial charge in [0.15, 0.2) is 0 Å². The first-order valence-electron chi connectivity index (χ1n) is 8.57. The van der Waals surface area contributed by atoms with Crippen molar-refractivity contribution in [2.45, 2.75) is 38.4 Å².